The first kappa shape index (κ1) is 36.1. The monoisotopic (exact) mass is 794 g/mol. The van der Waals surface area contributed by atoms with Crippen molar-refractivity contribution in [2.45, 2.75) is 17.7 Å². The summed E-state index contributed by atoms with van der Waals surface area (Å²) < 4.78 is 2.52. The first-order valence-electron chi connectivity index (χ1n) is 21.4. The zero-order valence-electron chi connectivity index (χ0n) is 34.0. The van der Waals surface area contributed by atoms with Gasteiger partial charge in [0.05, 0.1) is 16.4 Å². The molecular weight excluding hydrogens is 753 g/mol. The van der Waals surface area contributed by atoms with Gasteiger partial charge in [-0.3, -0.25) is 5.32 Å². The second kappa shape index (κ2) is 14.7. The van der Waals surface area contributed by atoms with Gasteiger partial charge in [-0.2, -0.15) is 0 Å². The summed E-state index contributed by atoms with van der Waals surface area (Å²) in [6, 6.07) is 83.6. The Morgan fingerprint density at radius 1 is 0.452 bits per heavy atom. The molecule has 62 heavy (non-hydrogen) atoms. The number of hydrogen-bond donors (Lipinski definition) is 2. The van der Waals surface area contributed by atoms with E-state index in [9.17, 15) is 0 Å². The van der Waals surface area contributed by atoms with Crippen LogP contribution in [0.3, 0.4) is 0 Å². The summed E-state index contributed by atoms with van der Waals surface area (Å²) in [5.41, 5.74) is 16.2. The summed E-state index contributed by atoms with van der Waals surface area (Å²) >= 11 is 0. The van der Waals surface area contributed by atoms with Crippen molar-refractivity contribution in [1.82, 2.24) is 15.2 Å². The molecule has 2 atom stereocenters. The average molecular weight is 795 g/mol. The zero-order chi connectivity index (χ0) is 41.0. The van der Waals surface area contributed by atoms with E-state index in [0.717, 1.165) is 28.2 Å². The molecule has 1 aliphatic carbocycles. The van der Waals surface area contributed by atoms with E-state index in [1.807, 2.05) is 0 Å². The molecule has 2 heterocycles. The predicted molar refractivity (Wildman–Crippen MR) is 255 cm³/mol. The zero-order valence-corrected chi connectivity index (χ0v) is 34.0. The Balaban J connectivity index is 1.07. The molecule has 0 radical (unpaired) electrons. The van der Waals surface area contributed by atoms with Gasteiger partial charge in [-0.15, -0.1) is 0 Å². The van der Waals surface area contributed by atoms with Gasteiger partial charge >= 0.3 is 0 Å². The minimum Gasteiger partial charge on any atom is -0.350 e. The first-order chi connectivity index (χ1) is 30.8. The molecule has 0 saturated carbocycles. The number of fused-ring (bicyclic) bond motifs is 7. The minimum atomic E-state index is -0.563. The standard InChI is InChI=1S/C58H42N4/c1-5-18-39(19-6-1)40-32-34-42(35-33-40)56-59-55(41-20-7-2-8-21-41)60-57(61-56)43-22-17-27-46(38-43)62-52-31-16-14-29-48(52)50-37-36-49-47-28-13-15-30-51(47)58(53(49)54(50)62,44-23-9-3-10-24-44)45-25-11-4-12-26-45/h1-38,55,57,60H,(H,59,61). The highest BCUT2D eigenvalue weighted by Gasteiger charge is 2.48. The van der Waals surface area contributed by atoms with Gasteiger partial charge in [-0.25, -0.2) is 4.99 Å². The van der Waals surface area contributed by atoms with Gasteiger partial charge in [0.1, 0.15) is 18.2 Å². The van der Waals surface area contributed by atoms with E-state index in [-0.39, 0.29) is 12.3 Å². The molecule has 1 aromatic heterocycles. The highest BCUT2D eigenvalue weighted by atomic mass is 15.3. The van der Waals surface area contributed by atoms with Gasteiger partial charge in [0, 0.05) is 27.6 Å². The van der Waals surface area contributed by atoms with Gasteiger partial charge < -0.3 is 9.88 Å². The van der Waals surface area contributed by atoms with Crippen LogP contribution < -0.4 is 10.6 Å². The van der Waals surface area contributed by atoms with Crippen molar-refractivity contribution >= 4 is 27.6 Å². The lowest BCUT2D eigenvalue weighted by Gasteiger charge is -2.34. The van der Waals surface area contributed by atoms with Gasteiger partial charge in [0.25, 0.3) is 0 Å². The summed E-state index contributed by atoms with van der Waals surface area (Å²) in [6.07, 6.45) is -0.473. The molecule has 9 aromatic carbocycles. The molecule has 0 amide bonds. The molecule has 10 aromatic rings. The second-order valence-corrected chi connectivity index (χ2v) is 16.3. The summed E-state index contributed by atoms with van der Waals surface area (Å²) in [4.78, 5) is 5.42. The van der Waals surface area contributed by atoms with Crippen molar-refractivity contribution in [1.29, 1.82) is 0 Å². The number of hydrogen-bond acceptors (Lipinski definition) is 3. The van der Waals surface area contributed by atoms with Crippen LogP contribution in [0.25, 0.3) is 49.7 Å². The molecule has 4 nitrogen and oxygen atoms in total. The third-order valence-corrected chi connectivity index (χ3v) is 13.0. The molecule has 0 spiro atoms. The molecule has 4 heteroatoms. The number of nitrogens with zero attached hydrogens (tertiary/aromatic N) is 2. The summed E-state index contributed by atoms with van der Waals surface area (Å²) in [7, 11) is 0. The number of para-hydroxylation sites is 1. The SMILES string of the molecule is c1ccc(-c2ccc(C3=NC(c4cccc(-n5c6ccccc6c6ccc7c(c65)C(c5ccccc5)(c5ccccc5)c5ccccc5-7)c4)NC(c4ccccc4)N3)cc2)cc1. The first-order valence-corrected chi connectivity index (χ1v) is 21.4. The Bertz CT molecular complexity index is 3240. The summed E-state index contributed by atoms with van der Waals surface area (Å²) in [5.74, 6) is 0.857. The van der Waals surface area contributed by atoms with Crippen LogP contribution in [-0.2, 0) is 5.41 Å². The van der Waals surface area contributed by atoms with Gasteiger partial charge in [0.15, 0.2) is 0 Å². The van der Waals surface area contributed by atoms with E-state index < -0.39 is 5.41 Å². The van der Waals surface area contributed by atoms with Crippen LogP contribution in [0.2, 0.25) is 0 Å². The van der Waals surface area contributed by atoms with Crippen molar-refractivity contribution in [3.63, 3.8) is 0 Å². The normalized spacial score (nSPS) is 16.4. The number of amidine groups is 1. The third kappa shape index (κ3) is 5.68. The van der Waals surface area contributed by atoms with E-state index in [1.54, 1.807) is 0 Å². The maximum absolute atomic E-state index is 5.42. The fourth-order valence-electron chi connectivity index (χ4n) is 10.2. The summed E-state index contributed by atoms with van der Waals surface area (Å²) in [6.45, 7) is 0. The molecular formula is C58H42N4. The van der Waals surface area contributed by atoms with Crippen LogP contribution in [0.1, 0.15) is 51.3 Å². The molecule has 2 N–H and O–H groups in total. The Morgan fingerprint density at radius 3 is 1.79 bits per heavy atom. The molecule has 0 bridgehead atoms. The molecule has 2 unspecified atom stereocenters. The van der Waals surface area contributed by atoms with Gasteiger partial charge in [-0.05, 0) is 68.3 Å². The van der Waals surface area contributed by atoms with Crippen molar-refractivity contribution in [2.24, 2.45) is 4.99 Å². The predicted octanol–water partition coefficient (Wildman–Crippen LogP) is 13.2. The lowest BCUT2D eigenvalue weighted by atomic mass is 9.67. The van der Waals surface area contributed by atoms with Crippen molar-refractivity contribution in [3.8, 4) is 27.9 Å². The van der Waals surface area contributed by atoms with Crippen molar-refractivity contribution < 1.29 is 0 Å². The Hall–Kier alpha value is -7.79. The highest BCUT2D eigenvalue weighted by Crippen LogP contribution is 2.59. The highest BCUT2D eigenvalue weighted by molar-refractivity contribution is 6.14. The minimum absolute atomic E-state index is 0.154. The Morgan fingerprint density at radius 2 is 1.05 bits per heavy atom. The van der Waals surface area contributed by atoms with Crippen LogP contribution in [0, 0.1) is 0 Å². The van der Waals surface area contributed by atoms with Crippen LogP contribution >= 0.6 is 0 Å². The van der Waals surface area contributed by atoms with Crippen LogP contribution in [0.15, 0.2) is 236 Å². The number of rotatable bonds is 7. The molecule has 12 rings (SSSR count). The van der Waals surface area contributed by atoms with Crippen LogP contribution in [0.5, 0.6) is 0 Å². The maximum atomic E-state index is 5.42. The quantitative estimate of drug-likeness (QED) is 0.169. The molecule has 294 valence electrons. The van der Waals surface area contributed by atoms with E-state index in [2.05, 4.69) is 246 Å². The van der Waals surface area contributed by atoms with E-state index in [1.165, 1.54) is 66.3 Å². The molecule has 1 aliphatic heterocycles. The third-order valence-electron chi connectivity index (χ3n) is 13.0. The van der Waals surface area contributed by atoms with Gasteiger partial charge in [0.2, 0.25) is 0 Å². The molecule has 0 saturated heterocycles. The number of benzene rings is 9. The smallest absolute Gasteiger partial charge is 0.131 e. The maximum Gasteiger partial charge on any atom is 0.131 e. The van der Waals surface area contributed by atoms with Crippen LogP contribution in [0.4, 0.5) is 0 Å². The lowest BCUT2D eigenvalue weighted by molar-refractivity contribution is 0.409. The second-order valence-electron chi connectivity index (χ2n) is 16.3. The lowest BCUT2D eigenvalue weighted by Crippen LogP contribution is -2.44. The van der Waals surface area contributed by atoms with Crippen molar-refractivity contribution in [3.05, 3.63) is 269 Å². The van der Waals surface area contributed by atoms with Crippen LogP contribution in [-0.4, -0.2) is 10.4 Å². The fourth-order valence-corrected chi connectivity index (χ4v) is 10.2. The van der Waals surface area contributed by atoms with E-state index >= 15 is 0 Å². The average Bonchev–Trinajstić information content (AvgIpc) is 3.86. The number of aromatic nitrogens is 1. The van der Waals surface area contributed by atoms with E-state index in [4.69, 9.17) is 4.99 Å². The molecule has 2 aliphatic rings. The van der Waals surface area contributed by atoms with E-state index in [0.29, 0.717) is 0 Å². The van der Waals surface area contributed by atoms with Gasteiger partial charge in [-0.1, -0.05) is 212 Å². The summed E-state index contributed by atoms with van der Waals surface area (Å²) in [5, 5.41) is 10.1. The Kier molecular flexibility index (Phi) is 8.58. The number of aliphatic imine (C=N–C) groups is 1. The Labute approximate surface area is 361 Å². The largest absolute Gasteiger partial charge is 0.350 e. The number of nitrogens with one attached hydrogen (secondary N) is 2. The topological polar surface area (TPSA) is 41.4 Å². The molecule has 0 fully saturated rings. The fraction of sp³-hybridized carbons (Fsp3) is 0.0517. The van der Waals surface area contributed by atoms with Crippen molar-refractivity contribution in [2.75, 3.05) is 0 Å².